The van der Waals surface area contributed by atoms with Crippen molar-refractivity contribution in [3.05, 3.63) is 22.3 Å². The molecule has 22 heavy (non-hydrogen) atoms. The van der Waals surface area contributed by atoms with Crippen molar-refractivity contribution >= 4 is 33.7 Å². The van der Waals surface area contributed by atoms with Crippen molar-refractivity contribution in [3.63, 3.8) is 0 Å². The number of aryl methyl sites for hydroxylation is 1. The van der Waals surface area contributed by atoms with Crippen LogP contribution in [-0.2, 0) is 4.79 Å². The van der Waals surface area contributed by atoms with Gasteiger partial charge in [0.1, 0.15) is 16.5 Å². The molecule has 0 radical (unpaired) electrons. The number of hydrogen-bond donors (Lipinski definition) is 3. The summed E-state index contributed by atoms with van der Waals surface area (Å²) in [6.07, 6.45) is -0.163. The van der Waals surface area contributed by atoms with E-state index in [-0.39, 0.29) is 12.6 Å². The number of nitrogens with zero attached hydrogens (tertiary/aromatic N) is 2. The smallest absolute Gasteiger partial charge is 0.408 e. The molecule has 2 heterocycles. The van der Waals surface area contributed by atoms with Crippen LogP contribution in [0.15, 0.2) is 16.7 Å². The Morgan fingerprint density at radius 1 is 1.50 bits per heavy atom. The zero-order valence-corrected chi connectivity index (χ0v) is 13.5. The van der Waals surface area contributed by atoms with Crippen molar-refractivity contribution < 1.29 is 19.8 Å². The summed E-state index contributed by atoms with van der Waals surface area (Å²) < 4.78 is 0.588. The molecule has 118 valence electrons. The molecule has 1 saturated heterocycles. The molecule has 8 heteroatoms. The molecule has 0 aromatic carbocycles. The van der Waals surface area contributed by atoms with Crippen LogP contribution in [0.2, 0.25) is 0 Å². The molecule has 1 aliphatic heterocycles. The number of hydrogen-bond acceptors (Lipinski definition) is 4. The summed E-state index contributed by atoms with van der Waals surface area (Å²) in [7, 11) is 0. The number of carbonyl (C=O) groups excluding carboxylic acids is 1. The summed E-state index contributed by atoms with van der Waals surface area (Å²) >= 11 is 3.24. The maximum absolute atomic E-state index is 12.5. The normalized spacial score (nSPS) is 29.1. The van der Waals surface area contributed by atoms with Gasteiger partial charge in [-0.2, -0.15) is 0 Å². The number of anilines is 1. The van der Waals surface area contributed by atoms with E-state index < -0.39 is 23.5 Å². The first-order valence-electron chi connectivity index (χ1n) is 6.94. The van der Waals surface area contributed by atoms with Gasteiger partial charge >= 0.3 is 6.09 Å². The van der Waals surface area contributed by atoms with Crippen molar-refractivity contribution in [2.75, 3.05) is 11.9 Å². The van der Waals surface area contributed by atoms with E-state index in [1.807, 2.05) is 13.0 Å². The molecular formula is C14H16BrN3O4. The predicted molar refractivity (Wildman–Crippen MR) is 81.5 cm³/mol. The molecule has 3 atom stereocenters. The molecular weight excluding hydrogens is 354 g/mol. The fourth-order valence-corrected chi connectivity index (χ4v) is 3.50. The summed E-state index contributed by atoms with van der Waals surface area (Å²) in [5.74, 6) is -0.000499. The van der Waals surface area contributed by atoms with Gasteiger partial charge in [0.15, 0.2) is 0 Å². The van der Waals surface area contributed by atoms with Crippen molar-refractivity contribution in [2.45, 2.75) is 31.8 Å². The zero-order chi connectivity index (χ0) is 16.1. The van der Waals surface area contributed by atoms with E-state index in [4.69, 9.17) is 0 Å². The van der Waals surface area contributed by atoms with Crippen LogP contribution in [-0.4, -0.2) is 50.8 Å². The lowest BCUT2D eigenvalue weighted by Crippen LogP contribution is -2.45. The van der Waals surface area contributed by atoms with E-state index >= 15 is 0 Å². The van der Waals surface area contributed by atoms with Crippen LogP contribution in [0.1, 0.15) is 18.4 Å². The summed E-state index contributed by atoms with van der Waals surface area (Å²) in [4.78, 5) is 29.2. The third-order valence-corrected chi connectivity index (χ3v) is 5.00. The number of amides is 2. The Morgan fingerprint density at radius 2 is 2.23 bits per heavy atom. The molecule has 2 amide bonds. The Kier molecular flexibility index (Phi) is 3.60. The minimum atomic E-state index is -1.13. The van der Waals surface area contributed by atoms with Gasteiger partial charge in [0.05, 0.1) is 6.61 Å². The molecule has 1 aliphatic carbocycles. The van der Waals surface area contributed by atoms with Crippen molar-refractivity contribution in [1.29, 1.82) is 0 Å². The monoisotopic (exact) mass is 369 g/mol. The summed E-state index contributed by atoms with van der Waals surface area (Å²) in [5, 5.41) is 21.5. The first kappa shape index (κ1) is 15.2. The quantitative estimate of drug-likeness (QED) is 0.702. The van der Waals surface area contributed by atoms with Crippen molar-refractivity contribution in [1.82, 2.24) is 9.88 Å². The van der Waals surface area contributed by atoms with Gasteiger partial charge in [-0.05, 0) is 47.3 Å². The van der Waals surface area contributed by atoms with Gasteiger partial charge in [-0.1, -0.05) is 6.07 Å². The second-order valence-corrected chi connectivity index (χ2v) is 6.75. The van der Waals surface area contributed by atoms with Crippen LogP contribution in [0.4, 0.5) is 10.6 Å². The van der Waals surface area contributed by atoms with Gasteiger partial charge in [-0.3, -0.25) is 9.69 Å². The standard InChI is InChI=1S/C14H16BrN3O4/c1-7-2-3-10(15)16-11(7)17-12(20)8-4-14(6-19)5-9(14)18(8)13(21)22/h2-3,8-9,19H,4-6H2,1H3,(H,21,22)(H,16,17,20). The number of carboxylic acid groups (broad SMARTS) is 1. The first-order chi connectivity index (χ1) is 10.4. The van der Waals surface area contributed by atoms with Gasteiger partial charge in [-0.25, -0.2) is 9.78 Å². The molecule has 1 aromatic heterocycles. The molecule has 7 nitrogen and oxygen atoms in total. The minimum absolute atomic E-state index is 0.0978. The number of carbonyl (C=O) groups is 2. The van der Waals surface area contributed by atoms with Crippen LogP contribution >= 0.6 is 15.9 Å². The van der Waals surface area contributed by atoms with Crippen LogP contribution in [0, 0.1) is 12.3 Å². The number of nitrogens with one attached hydrogen (secondary N) is 1. The van der Waals surface area contributed by atoms with Gasteiger partial charge in [0, 0.05) is 11.5 Å². The largest absolute Gasteiger partial charge is 0.465 e. The SMILES string of the molecule is Cc1ccc(Br)nc1NC(=O)C1CC2(CO)CC2N1C(=O)O. The van der Waals surface area contributed by atoms with Crippen LogP contribution in [0.25, 0.3) is 0 Å². The number of fused-ring (bicyclic) bond motifs is 1. The van der Waals surface area contributed by atoms with Gasteiger partial charge < -0.3 is 15.5 Å². The highest BCUT2D eigenvalue weighted by Crippen LogP contribution is 2.59. The Morgan fingerprint density at radius 3 is 2.86 bits per heavy atom. The van der Waals surface area contributed by atoms with E-state index in [1.165, 1.54) is 4.90 Å². The van der Waals surface area contributed by atoms with E-state index in [2.05, 4.69) is 26.2 Å². The van der Waals surface area contributed by atoms with Crippen molar-refractivity contribution in [3.8, 4) is 0 Å². The highest BCUT2D eigenvalue weighted by atomic mass is 79.9. The Labute approximate surface area is 135 Å². The molecule has 3 N–H and O–H groups in total. The van der Waals surface area contributed by atoms with Gasteiger partial charge in [0.2, 0.25) is 5.91 Å². The number of aliphatic hydroxyl groups is 1. The second kappa shape index (κ2) is 5.20. The van der Waals surface area contributed by atoms with E-state index in [9.17, 15) is 19.8 Å². The highest BCUT2D eigenvalue weighted by Gasteiger charge is 2.67. The number of rotatable bonds is 3. The van der Waals surface area contributed by atoms with E-state index in [0.29, 0.717) is 23.3 Å². The lowest BCUT2D eigenvalue weighted by atomic mass is 10.0. The average molecular weight is 370 g/mol. The number of pyridine rings is 1. The Bertz CT molecular complexity index is 653. The summed E-state index contributed by atoms with van der Waals surface area (Å²) in [6.45, 7) is 1.71. The number of likely N-dealkylation sites (tertiary alicyclic amines) is 1. The lowest BCUT2D eigenvalue weighted by molar-refractivity contribution is -0.120. The molecule has 2 fully saturated rings. The lowest BCUT2D eigenvalue weighted by Gasteiger charge is -2.23. The molecule has 0 spiro atoms. The number of aliphatic hydroxyl groups excluding tert-OH is 1. The number of aromatic nitrogens is 1. The molecule has 3 unspecified atom stereocenters. The number of halogens is 1. The summed E-state index contributed by atoms with van der Waals surface area (Å²) in [6, 6.07) is 2.52. The molecule has 1 aromatic rings. The first-order valence-corrected chi connectivity index (χ1v) is 7.73. The van der Waals surface area contributed by atoms with Crippen LogP contribution < -0.4 is 5.32 Å². The van der Waals surface area contributed by atoms with Gasteiger partial charge in [0.25, 0.3) is 0 Å². The number of piperidine rings is 1. The zero-order valence-electron chi connectivity index (χ0n) is 11.9. The third kappa shape index (κ3) is 2.36. The molecule has 0 bridgehead atoms. The minimum Gasteiger partial charge on any atom is -0.465 e. The average Bonchev–Trinajstić information content (AvgIpc) is 3.07. The Hall–Kier alpha value is -1.67. The van der Waals surface area contributed by atoms with Crippen LogP contribution in [0.5, 0.6) is 0 Å². The fraction of sp³-hybridized carbons (Fsp3) is 0.500. The maximum atomic E-state index is 12.5. The van der Waals surface area contributed by atoms with Crippen molar-refractivity contribution in [2.24, 2.45) is 5.41 Å². The molecule has 1 saturated carbocycles. The fourth-order valence-electron chi connectivity index (χ4n) is 3.19. The van der Waals surface area contributed by atoms with E-state index in [1.54, 1.807) is 6.07 Å². The third-order valence-electron chi connectivity index (χ3n) is 4.56. The highest BCUT2D eigenvalue weighted by molar-refractivity contribution is 9.10. The van der Waals surface area contributed by atoms with E-state index in [0.717, 1.165) is 5.56 Å². The van der Waals surface area contributed by atoms with Crippen LogP contribution in [0.3, 0.4) is 0 Å². The van der Waals surface area contributed by atoms with Gasteiger partial charge in [-0.15, -0.1) is 0 Å². The molecule has 2 aliphatic rings. The Balaban J connectivity index is 1.80. The predicted octanol–water partition coefficient (Wildman–Crippen LogP) is 1.59. The topological polar surface area (TPSA) is 103 Å². The second-order valence-electron chi connectivity index (χ2n) is 5.94. The summed E-state index contributed by atoms with van der Waals surface area (Å²) in [5.41, 5.74) is 0.346. The molecule has 3 rings (SSSR count). The maximum Gasteiger partial charge on any atom is 0.408 e.